The second kappa shape index (κ2) is 7.06. The summed E-state index contributed by atoms with van der Waals surface area (Å²) in [5.74, 6) is 0.461. The molecule has 0 aromatic heterocycles. The fourth-order valence-electron chi connectivity index (χ4n) is 2.09. The number of sulfonamides is 1. The van der Waals surface area contributed by atoms with E-state index >= 15 is 0 Å². The largest absolute Gasteiger partial charge is 1.00 e. The molecule has 0 saturated carbocycles. The summed E-state index contributed by atoms with van der Waals surface area (Å²) < 4.78 is 26.2. The zero-order chi connectivity index (χ0) is 13.9. The van der Waals surface area contributed by atoms with Gasteiger partial charge in [-0.2, -0.15) is 0 Å². The zero-order valence-corrected chi connectivity index (χ0v) is 13.2. The number of halogens is 1. The molecule has 1 heterocycles. The van der Waals surface area contributed by atoms with E-state index in [0.717, 1.165) is 19.6 Å². The minimum absolute atomic E-state index is 0. The third-order valence-electron chi connectivity index (χ3n) is 3.24. The highest BCUT2D eigenvalue weighted by Crippen LogP contribution is 2.21. The molecule has 7 heteroatoms. The van der Waals surface area contributed by atoms with Gasteiger partial charge >= 0.3 is 0 Å². The Kier molecular flexibility index (Phi) is 5.98. The lowest BCUT2D eigenvalue weighted by Crippen LogP contribution is -3.00. The standard InChI is InChI=1S/C13H19N3O2S.ClH/c1-3-16(4-2)10-9-14-13-11-7-5-6-8-12(11)19(17,18)15-13;/h5-8H,3-4,9-10H2,1-2H3,(H,14,15);1H/p-1. The molecule has 0 spiro atoms. The molecule has 0 saturated heterocycles. The van der Waals surface area contributed by atoms with Crippen LogP contribution in [0.25, 0.3) is 0 Å². The summed E-state index contributed by atoms with van der Waals surface area (Å²) >= 11 is 0. The smallest absolute Gasteiger partial charge is 0.263 e. The molecule has 0 bridgehead atoms. The zero-order valence-electron chi connectivity index (χ0n) is 11.6. The molecule has 0 unspecified atom stereocenters. The summed E-state index contributed by atoms with van der Waals surface area (Å²) in [6.07, 6.45) is 0. The average molecular weight is 317 g/mol. The Labute approximate surface area is 126 Å². The van der Waals surface area contributed by atoms with Gasteiger partial charge in [0.2, 0.25) is 0 Å². The fraction of sp³-hybridized carbons (Fsp3) is 0.462. The van der Waals surface area contributed by atoms with Crippen molar-refractivity contribution in [2.24, 2.45) is 4.99 Å². The summed E-state index contributed by atoms with van der Waals surface area (Å²) in [7, 11) is -3.41. The van der Waals surface area contributed by atoms with Crippen LogP contribution in [0.2, 0.25) is 0 Å². The number of rotatable bonds is 5. The van der Waals surface area contributed by atoms with Crippen molar-refractivity contribution in [3.8, 4) is 0 Å². The van der Waals surface area contributed by atoms with Crippen LogP contribution in [0.15, 0.2) is 34.2 Å². The van der Waals surface area contributed by atoms with E-state index in [4.69, 9.17) is 0 Å². The normalized spacial score (nSPS) is 17.6. The lowest BCUT2D eigenvalue weighted by molar-refractivity contribution is -0.00000664. The molecule has 112 valence electrons. The van der Waals surface area contributed by atoms with Gasteiger partial charge in [-0.15, -0.1) is 0 Å². The lowest BCUT2D eigenvalue weighted by atomic mass is 10.2. The van der Waals surface area contributed by atoms with Gasteiger partial charge in [0, 0.05) is 12.1 Å². The first-order valence-electron chi connectivity index (χ1n) is 6.47. The summed E-state index contributed by atoms with van der Waals surface area (Å²) in [4.78, 5) is 6.95. The van der Waals surface area contributed by atoms with E-state index in [0.29, 0.717) is 22.8 Å². The molecule has 1 aliphatic heterocycles. The van der Waals surface area contributed by atoms with Gasteiger partial charge in [-0.05, 0) is 25.2 Å². The van der Waals surface area contributed by atoms with Crippen LogP contribution in [-0.2, 0) is 10.0 Å². The Morgan fingerprint density at radius 3 is 2.50 bits per heavy atom. The number of nitrogens with zero attached hydrogens (tertiary/aromatic N) is 2. The highest BCUT2D eigenvalue weighted by molar-refractivity contribution is 7.90. The molecule has 1 N–H and O–H groups in total. The van der Waals surface area contributed by atoms with Gasteiger partial charge in [-0.3, -0.25) is 9.71 Å². The highest BCUT2D eigenvalue weighted by Gasteiger charge is 2.29. The number of aliphatic imine (C=N–C) groups is 1. The molecule has 0 aliphatic carbocycles. The van der Waals surface area contributed by atoms with Gasteiger partial charge in [-0.25, -0.2) is 8.42 Å². The van der Waals surface area contributed by atoms with Crippen LogP contribution in [0, 0.1) is 0 Å². The lowest BCUT2D eigenvalue weighted by Gasteiger charge is -2.16. The maximum absolute atomic E-state index is 11.9. The van der Waals surface area contributed by atoms with Crippen LogP contribution < -0.4 is 17.1 Å². The van der Waals surface area contributed by atoms with Crippen LogP contribution in [0.3, 0.4) is 0 Å². The third-order valence-corrected chi connectivity index (χ3v) is 4.64. The van der Waals surface area contributed by atoms with Crippen LogP contribution in [0.4, 0.5) is 0 Å². The van der Waals surface area contributed by atoms with E-state index in [1.54, 1.807) is 18.2 Å². The van der Waals surface area contributed by atoms with Crippen molar-refractivity contribution in [1.29, 1.82) is 0 Å². The maximum Gasteiger partial charge on any atom is 0.263 e. The van der Waals surface area contributed by atoms with Crippen LogP contribution in [0.1, 0.15) is 19.4 Å². The first-order chi connectivity index (χ1) is 9.08. The Balaban J connectivity index is 0.00000200. The van der Waals surface area contributed by atoms with Crippen LogP contribution >= 0.6 is 0 Å². The predicted molar refractivity (Wildman–Crippen MR) is 76.0 cm³/mol. The molecule has 1 aromatic carbocycles. The van der Waals surface area contributed by atoms with Gasteiger partial charge < -0.3 is 17.3 Å². The van der Waals surface area contributed by atoms with E-state index in [1.807, 2.05) is 6.07 Å². The van der Waals surface area contributed by atoms with E-state index in [2.05, 4.69) is 28.5 Å². The minimum atomic E-state index is -3.41. The first kappa shape index (κ1) is 16.9. The van der Waals surface area contributed by atoms with E-state index in [9.17, 15) is 8.42 Å². The van der Waals surface area contributed by atoms with Crippen molar-refractivity contribution in [2.75, 3.05) is 26.2 Å². The van der Waals surface area contributed by atoms with Crippen LogP contribution in [0.5, 0.6) is 0 Å². The molecule has 0 radical (unpaired) electrons. The van der Waals surface area contributed by atoms with Crippen molar-refractivity contribution in [2.45, 2.75) is 18.7 Å². The number of hydrogen-bond acceptors (Lipinski definition) is 4. The Morgan fingerprint density at radius 1 is 1.20 bits per heavy atom. The SMILES string of the molecule is CCN(CC)CCN=C1NS(=O)(=O)c2ccccc21.[Cl-]. The highest BCUT2D eigenvalue weighted by atomic mass is 35.5. The molecule has 20 heavy (non-hydrogen) atoms. The molecule has 1 aliphatic rings. The molecule has 2 rings (SSSR count). The monoisotopic (exact) mass is 316 g/mol. The van der Waals surface area contributed by atoms with Crippen molar-refractivity contribution in [3.05, 3.63) is 29.8 Å². The third kappa shape index (κ3) is 3.50. The van der Waals surface area contributed by atoms with Gasteiger partial charge in [0.25, 0.3) is 10.0 Å². The quantitative estimate of drug-likeness (QED) is 0.688. The fourth-order valence-corrected chi connectivity index (χ4v) is 3.35. The van der Waals surface area contributed by atoms with Crippen LogP contribution in [-0.4, -0.2) is 45.3 Å². The molecule has 0 atom stereocenters. The topological polar surface area (TPSA) is 61.8 Å². The molecular weight excluding hydrogens is 298 g/mol. The maximum atomic E-state index is 11.9. The summed E-state index contributed by atoms with van der Waals surface area (Å²) in [5, 5.41) is 0. The first-order valence-corrected chi connectivity index (χ1v) is 7.95. The Hall–Kier alpha value is -1.11. The van der Waals surface area contributed by atoms with E-state index < -0.39 is 10.0 Å². The molecule has 0 amide bonds. The van der Waals surface area contributed by atoms with Crippen molar-refractivity contribution >= 4 is 15.9 Å². The van der Waals surface area contributed by atoms with Gasteiger partial charge in [-0.1, -0.05) is 26.0 Å². The predicted octanol–water partition coefficient (Wildman–Crippen LogP) is -1.93. The second-order valence-electron chi connectivity index (χ2n) is 4.36. The second-order valence-corrected chi connectivity index (χ2v) is 6.01. The summed E-state index contributed by atoms with van der Waals surface area (Å²) in [5.41, 5.74) is 0.669. The van der Waals surface area contributed by atoms with Gasteiger partial charge in [0.15, 0.2) is 0 Å². The van der Waals surface area contributed by atoms with Gasteiger partial charge in [0.1, 0.15) is 5.84 Å². The number of amidine groups is 1. The summed E-state index contributed by atoms with van der Waals surface area (Å²) in [6.45, 7) is 7.58. The number of fused-ring (bicyclic) bond motifs is 1. The van der Waals surface area contributed by atoms with E-state index in [1.165, 1.54) is 0 Å². The number of nitrogens with one attached hydrogen (secondary N) is 1. The molecule has 1 aromatic rings. The molecule has 5 nitrogen and oxygen atoms in total. The number of likely N-dealkylation sites (N-methyl/N-ethyl adjacent to an activating group) is 1. The Morgan fingerprint density at radius 2 is 1.85 bits per heavy atom. The summed E-state index contributed by atoms with van der Waals surface area (Å²) in [6, 6.07) is 6.92. The van der Waals surface area contributed by atoms with Crippen molar-refractivity contribution < 1.29 is 20.8 Å². The minimum Gasteiger partial charge on any atom is -1.00 e. The Bertz CT molecular complexity index is 583. The van der Waals surface area contributed by atoms with Gasteiger partial charge in [0.05, 0.1) is 11.4 Å². The van der Waals surface area contributed by atoms with Crippen molar-refractivity contribution in [1.82, 2.24) is 9.62 Å². The van der Waals surface area contributed by atoms with Crippen molar-refractivity contribution in [3.63, 3.8) is 0 Å². The average Bonchev–Trinajstić information content (AvgIpc) is 2.67. The molecular formula is C13H19ClN3O2S-. The number of benzene rings is 1. The molecule has 0 fully saturated rings. The number of hydrogen-bond donors (Lipinski definition) is 1. The van der Waals surface area contributed by atoms with E-state index in [-0.39, 0.29) is 12.4 Å².